The number of aromatic amines is 1. The molecule has 0 amide bonds. The molecule has 0 spiro atoms. The average Bonchev–Trinajstić information content (AvgIpc) is 2.84. The van der Waals surface area contributed by atoms with Gasteiger partial charge in [-0.15, -0.1) is 0 Å². The Hall–Kier alpha value is -4.17. The van der Waals surface area contributed by atoms with E-state index in [1.165, 1.54) is 20.4 Å². The normalized spacial score (nSPS) is 11.5. The Bertz CT molecular complexity index is 1320. The minimum absolute atomic E-state index is 0.0639. The number of hydrogen-bond acceptors (Lipinski definition) is 9. The summed E-state index contributed by atoms with van der Waals surface area (Å²) >= 11 is 3.43. The van der Waals surface area contributed by atoms with Gasteiger partial charge in [0.25, 0.3) is 5.56 Å². The van der Waals surface area contributed by atoms with Gasteiger partial charge in [-0.1, -0.05) is 30.3 Å². The fourth-order valence-electron chi connectivity index (χ4n) is 2.90. The first-order chi connectivity index (χ1) is 16.4. The molecule has 34 heavy (non-hydrogen) atoms. The first-order valence-electron chi connectivity index (χ1n) is 9.88. The molecule has 0 bridgehead atoms. The number of ether oxygens (including phenoxy) is 3. The van der Waals surface area contributed by atoms with Gasteiger partial charge in [0.15, 0.2) is 17.6 Å². The number of hydrogen-bond donors (Lipinski definition) is 2. The number of benzene rings is 2. The molecule has 11 heteroatoms. The van der Waals surface area contributed by atoms with Gasteiger partial charge in [-0.05, 0) is 35.0 Å². The highest BCUT2D eigenvalue weighted by Gasteiger charge is 2.18. The van der Waals surface area contributed by atoms with Crippen LogP contribution in [-0.2, 0) is 9.53 Å². The number of nitrogens with zero attached hydrogens (tertiary/aromatic N) is 3. The molecule has 0 saturated heterocycles. The van der Waals surface area contributed by atoms with Crippen molar-refractivity contribution in [2.24, 2.45) is 5.10 Å². The summed E-state index contributed by atoms with van der Waals surface area (Å²) in [7, 11) is 2.75. The molecule has 1 unspecified atom stereocenters. The quantitative estimate of drug-likeness (QED) is 0.259. The van der Waals surface area contributed by atoms with Crippen molar-refractivity contribution in [2.45, 2.75) is 13.0 Å². The summed E-state index contributed by atoms with van der Waals surface area (Å²) in [6.07, 6.45) is 0.644. The molecule has 0 radical (unpaired) electrons. The topological polar surface area (TPSA) is 139 Å². The van der Waals surface area contributed by atoms with Crippen molar-refractivity contribution < 1.29 is 19.0 Å². The summed E-state index contributed by atoms with van der Waals surface area (Å²) in [5, 5.41) is 13.5. The van der Waals surface area contributed by atoms with Gasteiger partial charge in [0.05, 0.1) is 26.1 Å². The molecule has 1 heterocycles. The lowest BCUT2D eigenvalue weighted by Crippen LogP contribution is -2.25. The van der Waals surface area contributed by atoms with Crippen LogP contribution in [0.25, 0.3) is 11.3 Å². The van der Waals surface area contributed by atoms with Crippen LogP contribution in [0, 0.1) is 11.3 Å². The summed E-state index contributed by atoms with van der Waals surface area (Å²) in [5.74, 6) is 0.250. The summed E-state index contributed by atoms with van der Waals surface area (Å²) < 4.78 is 16.3. The van der Waals surface area contributed by atoms with Crippen molar-refractivity contribution in [3.05, 3.63) is 68.4 Å². The molecule has 0 aliphatic heterocycles. The number of anilines is 1. The second kappa shape index (κ2) is 11.1. The number of H-pyrrole nitrogens is 1. The maximum atomic E-state index is 12.4. The van der Waals surface area contributed by atoms with Crippen molar-refractivity contribution in [1.29, 1.82) is 5.26 Å². The van der Waals surface area contributed by atoms with Gasteiger partial charge in [0.1, 0.15) is 11.6 Å². The van der Waals surface area contributed by atoms with E-state index >= 15 is 0 Å². The van der Waals surface area contributed by atoms with Crippen molar-refractivity contribution in [3.63, 3.8) is 0 Å². The molecule has 2 aromatic carbocycles. The van der Waals surface area contributed by atoms with Crippen molar-refractivity contribution in [3.8, 4) is 28.8 Å². The van der Waals surface area contributed by atoms with E-state index in [1.807, 2.05) is 12.1 Å². The zero-order chi connectivity index (χ0) is 24.7. The van der Waals surface area contributed by atoms with Gasteiger partial charge in [-0.3, -0.25) is 9.78 Å². The Morgan fingerprint density at radius 2 is 2.00 bits per heavy atom. The highest BCUT2D eigenvalue weighted by atomic mass is 79.9. The molecule has 0 aliphatic carbocycles. The number of nitrogens with one attached hydrogen (secondary N) is 2. The minimum Gasteiger partial charge on any atom is -0.493 e. The molecule has 1 atom stereocenters. The fourth-order valence-corrected chi connectivity index (χ4v) is 3.33. The maximum Gasteiger partial charge on any atom is 0.346 e. The van der Waals surface area contributed by atoms with Gasteiger partial charge in [-0.25, -0.2) is 15.2 Å². The summed E-state index contributed by atoms with van der Waals surface area (Å²) in [5.41, 5.74) is 3.47. The van der Waals surface area contributed by atoms with Crippen LogP contribution >= 0.6 is 15.9 Å². The lowest BCUT2D eigenvalue weighted by molar-refractivity contribution is -0.147. The summed E-state index contributed by atoms with van der Waals surface area (Å²) in [6.45, 7) is 1.56. The van der Waals surface area contributed by atoms with Crippen LogP contribution in [0.2, 0.25) is 0 Å². The second-order valence-corrected chi connectivity index (χ2v) is 7.65. The van der Waals surface area contributed by atoms with Gasteiger partial charge < -0.3 is 14.2 Å². The maximum absolute atomic E-state index is 12.4. The fraction of sp³-hybridized carbons (Fsp3) is 0.174. The monoisotopic (exact) mass is 525 g/mol. The van der Waals surface area contributed by atoms with Gasteiger partial charge in [0, 0.05) is 15.6 Å². The van der Waals surface area contributed by atoms with Crippen LogP contribution in [0.3, 0.4) is 0 Å². The smallest absolute Gasteiger partial charge is 0.346 e. The molecule has 3 aromatic rings. The van der Waals surface area contributed by atoms with Gasteiger partial charge in [0.2, 0.25) is 5.95 Å². The molecule has 1 aromatic heterocycles. The van der Waals surface area contributed by atoms with E-state index < -0.39 is 17.6 Å². The molecule has 174 valence electrons. The molecule has 0 fully saturated rings. The Morgan fingerprint density at radius 3 is 2.65 bits per heavy atom. The number of methoxy groups -OCH3 is 2. The van der Waals surface area contributed by atoms with Crippen LogP contribution in [0.4, 0.5) is 5.95 Å². The zero-order valence-electron chi connectivity index (χ0n) is 18.5. The van der Waals surface area contributed by atoms with E-state index in [2.05, 4.69) is 41.2 Å². The third-order valence-corrected chi connectivity index (χ3v) is 5.26. The first kappa shape index (κ1) is 24.5. The SMILES string of the molecule is COC(=O)C(C)Oc1cc(Br)c(C=NNc2nc(-c3ccccc3)c(C#N)c(=O)[nH]2)cc1OC. The highest BCUT2D eigenvalue weighted by molar-refractivity contribution is 9.10. The Kier molecular flexibility index (Phi) is 8.00. The average molecular weight is 526 g/mol. The van der Waals surface area contributed by atoms with E-state index in [9.17, 15) is 14.9 Å². The number of nitriles is 1. The van der Waals surface area contributed by atoms with Crippen molar-refractivity contribution >= 4 is 34.1 Å². The zero-order valence-corrected chi connectivity index (χ0v) is 20.0. The standard InChI is InChI=1S/C23H20BrN5O5/c1-13(22(31)33-3)34-19-10-17(24)15(9-18(19)32-2)12-26-29-23-27-20(14-7-5-4-6-8-14)16(11-25)21(30)28-23/h4-10,12-13H,1-3H3,(H2,27,28,29,30). The molecule has 0 aliphatic rings. The Morgan fingerprint density at radius 1 is 1.26 bits per heavy atom. The molecular weight excluding hydrogens is 506 g/mol. The molecule has 10 nitrogen and oxygen atoms in total. The lowest BCUT2D eigenvalue weighted by Gasteiger charge is -2.16. The number of halogens is 1. The number of hydrazone groups is 1. The van der Waals surface area contributed by atoms with E-state index in [4.69, 9.17) is 9.47 Å². The van der Waals surface area contributed by atoms with Gasteiger partial charge >= 0.3 is 5.97 Å². The molecule has 2 N–H and O–H groups in total. The molecule has 3 rings (SSSR count). The van der Waals surface area contributed by atoms with Crippen LogP contribution in [-0.4, -0.2) is 42.5 Å². The number of carbonyl (C=O) groups excluding carboxylic acids is 1. The minimum atomic E-state index is -0.829. The van der Waals surface area contributed by atoms with Crippen LogP contribution < -0.4 is 20.5 Å². The van der Waals surface area contributed by atoms with Gasteiger partial charge in [-0.2, -0.15) is 10.4 Å². The van der Waals surface area contributed by atoms with E-state index in [-0.39, 0.29) is 17.2 Å². The first-order valence-corrected chi connectivity index (χ1v) is 10.7. The molecular formula is C23H20BrN5O5. The Labute approximate surface area is 203 Å². The largest absolute Gasteiger partial charge is 0.493 e. The number of carbonyl (C=O) groups is 1. The van der Waals surface area contributed by atoms with E-state index in [1.54, 1.807) is 43.3 Å². The van der Waals surface area contributed by atoms with Crippen molar-refractivity contribution in [1.82, 2.24) is 9.97 Å². The summed E-state index contributed by atoms with van der Waals surface area (Å²) in [6, 6.07) is 14.1. The van der Waals surface area contributed by atoms with Crippen LogP contribution in [0.5, 0.6) is 11.5 Å². The predicted octanol–water partition coefficient (Wildman–Crippen LogP) is 3.47. The summed E-state index contributed by atoms with van der Waals surface area (Å²) in [4.78, 5) is 30.8. The van der Waals surface area contributed by atoms with Crippen LogP contribution in [0.1, 0.15) is 18.1 Å². The van der Waals surface area contributed by atoms with Crippen molar-refractivity contribution in [2.75, 3.05) is 19.6 Å². The van der Waals surface area contributed by atoms with E-state index in [0.29, 0.717) is 27.1 Å². The third-order valence-electron chi connectivity index (χ3n) is 4.57. The second-order valence-electron chi connectivity index (χ2n) is 6.79. The predicted molar refractivity (Wildman–Crippen MR) is 129 cm³/mol. The van der Waals surface area contributed by atoms with E-state index in [0.717, 1.165) is 0 Å². The third kappa shape index (κ3) is 5.60. The molecule has 0 saturated carbocycles. The highest BCUT2D eigenvalue weighted by Crippen LogP contribution is 2.33. The number of rotatable bonds is 8. The Balaban J connectivity index is 1.85. The lowest BCUT2D eigenvalue weighted by atomic mass is 10.1. The van der Waals surface area contributed by atoms with Crippen LogP contribution in [0.15, 0.2) is 56.8 Å². The number of esters is 1. The number of aromatic nitrogens is 2.